The van der Waals surface area contributed by atoms with Gasteiger partial charge in [-0.25, -0.2) is 9.38 Å². The van der Waals surface area contributed by atoms with E-state index in [9.17, 15) is 9.90 Å². The van der Waals surface area contributed by atoms with Crippen molar-refractivity contribution in [3.05, 3.63) is 60.4 Å². The Bertz CT molecular complexity index is 1200. The van der Waals surface area contributed by atoms with E-state index in [0.29, 0.717) is 18.8 Å². The molecule has 120 valence electrons. The van der Waals surface area contributed by atoms with Crippen LogP contribution in [0.3, 0.4) is 0 Å². The highest BCUT2D eigenvalue weighted by Gasteiger charge is 2.12. The number of phenolic OH excluding ortho intramolecular Hbond substituents is 1. The lowest BCUT2D eigenvalue weighted by molar-refractivity contribution is 0.371. The highest BCUT2D eigenvalue weighted by atomic mass is 127. The highest BCUT2D eigenvalue weighted by molar-refractivity contribution is 14.1. The molecule has 2 aromatic carbocycles. The molecule has 0 radical (unpaired) electrons. The van der Waals surface area contributed by atoms with Crippen molar-refractivity contribution in [3.8, 4) is 11.5 Å². The number of aromatic hydroxyl groups is 1. The number of ether oxygens (including phenoxy) is 1. The van der Waals surface area contributed by atoms with E-state index in [0.717, 1.165) is 16.6 Å². The van der Waals surface area contributed by atoms with Gasteiger partial charge < -0.3 is 9.84 Å². The second-order valence-corrected chi connectivity index (χ2v) is 7.36. The Morgan fingerprint density at radius 2 is 2.12 bits per heavy atom. The summed E-state index contributed by atoms with van der Waals surface area (Å²) in [6.45, 7) is 0. The Hall–Kier alpha value is -2.13. The number of hydrogen-bond donors (Lipinski definition) is 1. The molecule has 2 heterocycles. The normalized spacial score (nSPS) is 12.3. The molecule has 0 saturated carbocycles. The van der Waals surface area contributed by atoms with Gasteiger partial charge in [0.15, 0.2) is 16.5 Å². The van der Waals surface area contributed by atoms with Gasteiger partial charge in [0.05, 0.1) is 26.2 Å². The van der Waals surface area contributed by atoms with Crippen LogP contribution in [-0.2, 0) is 0 Å². The lowest BCUT2D eigenvalue weighted by Crippen LogP contribution is -2.22. The zero-order valence-electron chi connectivity index (χ0n) is 12.5. The lowest BCUT2D eigenvalue weighted by Gasteiger charge is -2.06. The van der Waals surface area contributed by atoms with E-state index in [1.807, 2.05) is 46.9 Å². The molecule has 4 rings (SSSR count). The number of thiazole rings is 1. The van der Waals surface area contributed by atoms with E-state index >= 15 is 0 Å². The maximum atomic E-state index is 12.7. The van der Waals surface area contributed by atoms with Crippen LogP contribution in [0.1, 0.15) is 5.56 Å². The fraction of sp³-hybridized carbons (Fsp3) is 0.0588. The van der Waals surface area contributed by atoms with E-state index < -0.39 is 0 Å². The summed E-state index contributed by atoms with van der Waals surface area (Å²) in [5.74, 6) is 0.483. The van der Waals surface area contributed by atoms with Crippen LogP contribution < -0.4 is 14.8 Å². The van der Waals surface area contributed by atoms with Crippen molar-refractivity contribution in [2.75, 3.05) is 7.11 Å². The van der Waals surface area contributed by atoms with E-state index in [1.165, 1.54) is 18.4 Å². The van der Waals surface area contributed by atoms with Crippen LogP contribution in [0.5, 0.6) is 11.5 Å². The maximum Gasteiger partial charge on any atom is 0.274 e. The Kier molecular flexibility index (Phi) is 3.69. The van der Waals surface area contributed by atoms with Crippen LogP contribution >= 0.6 is 33.9 Å². The first-order valence-electron chi connectivity index (χ1n) is 7.06. The summed E-state index contributed by atoms with van der Waals surface area (Å²) in [6.07, 6.45) is 1.79. The molecule has 2 aromatic heterocycles. The van der Waals surface area contributed by atoms with E-state index in [4.69, 9.17) is 4.74 Å². The highest BCUT2D eigenvalue weighted by Crippen LogP contribution is 2.32. The molecule has 24 heavy (non-hydrogen) atoms. The minimum atomic E-state index is -0.0919. The minimum Gasteiger partial charge on any atom is -0.504 e. The van der Waals surface area contributed by atoms with Crippen molar-refractivity contribution in [1.29, 1.82) is 0 Å². The van der Waals surface area contributed by atoms with Crippen LogP contribution in [0.15, 0.2) is 41.2 Å². The third kappa shape index (κ3) is 2.35. The zero-order chi connectivity index (χ0) is 16.8. The molecule has 5 nitrogen and oxygen atoms in total. The number of phenols is 1. The average molecular weight is 450 g/mol. The third-order valence-corrected chi connectivity index (χ3v) is 5.50. The molecule has 0 amide bonds. The predicted octanol–water partition coefficient (Wildman–Crippen LogP) is 2.78. The number of halogens is 1. The molecule has 0 aliphatic carbocycles. The number of aromatic nitrogens is 2. The zero-order valence-corrected chi connectivity index (χ0v) is 15.5. The summed E-state index contributed by atoms with van der Waals surface area (Å²) in [7, 11) is 1.50. The largest absolute Gasteiger partial charge is 0.504 e. The van der Waals surface area contributed by atoms with Crippen LogP contribution in [0, 0.1) is 3.57 Å². The molecule has 0 spiro atoms. The Morgan fingerprint density at radius 1 is 1.33 bits per heavy atom. The molecular weight excluding hydrogens is 439 g/mol. The lowest BCUT2D eigenvalue weighted by atomic mass is 10.2. The topological polar surface area (TPSA) is 63.8 Å². The van der Waals surface area contributed by atoms with Crippen LogP contribution in [0.25, 0.3) is 22.1 Å². The molecular formula is C17H11IN2O3S. The number of rotatable bonds is 2. The summed E-state index contributed by atoms with van der Waals surface area (Å²) < 4.78 is 8.06. The molecule has 0 aliphatic heterocycles. The van der Waals surface area contributed by atoms with Gasteiger partial charge in [0.2, 0.25) is 0 Å². The smallest absolute Gasteiger partial charge is 0.274 e. The van der Waals surface area contributed by atoms with Gasteiger partial charge in [0.25, 0.3) is 5.56 Å². The first-order chi connectivity index (χ1) is 11.6. The minimum absolute atomic E-state index is 0.0919. The molecule has 0 unspecified atom stereocenters. The standard InChI is InChI=1S/C17H11IN2O3S/c1-23-13-7-9(6-10(18)15(13)21)8-14-16(22)20-12-5-3-2-4-11(12)19-17(20)24-14/h2-8,21H,1H3/b14-8+. The number of para-hydroxylation sites is 2. The van der Waals surface area contributed by atoms with Crippen molar-refractivity contribution in [1.82, 2.24) is 9.38 Å². The number of benzene rings is 2. The Balaban J connectivity index is 1.97. The van der Waals surface area contributed by atoms with Gasteiger partial charge in [0.1, 0.15) is 0 Å². The molecule has 7 heteroatoms. The predicted molar refractivity (Wildman–Crippen MR) is 103 cm³/mol. The number of fused-ring (bicyclic) bond motifs is 3. The van der Waals surface area contributed by atoms with Gasteiger partial charge in [-0.1, -0.05) is 23.5 Å². The van der Waals surface area contributed by atoms with E-state index in [2.05, 4.69) is 4.98 Å². The molecule has 0 bridgehead atoms. The third-order valence-electron chi connectivity index (χ3n) is 3.71. The Morgan fingerprint density at radius 3 is 2.92 bits per heavy atom. The molecule has 0 saturated heterocycles. The molecule has 4 aromatic rings. The summed E-state index contributed by atoms with van der Waals surface area (Å²) in [5, 5.41) is 9.92. The van der Waals surface area contributed by atoms with Crippen molar-refractivity contribution in [3.63, 3.8) is 0 Å². The van der Waals surface area contributed by atoms with Gasteiger partial charge >= 0.3 is 0 Å². The summed E-state index contributed by atoms with van der Waals surface area (Å²) in [5.41, 5.74) is 2.32. The van der Waals surface area contributed by atoms with E-state index in [1.54, 1.807) is 22.6 Å². The maximum absolute atomic E-state index is 12.7. The van der Waals surface area contributed by atoms with Gasteiger partial charge in [0, 0.05) is 0 Å². The molecule has 0 fully saturated rings. The second-order valence-electron chi connectivity index (χ2n) is 5.19. The summed E-state index contributed by atoms with van der Waals surface area (Å²) in [4.78, 5) is 17.9. The fourth-order valence-electron chi connectivity index (χ4n) is 2.60. The number of nitrogens with zero attached hydrogens (tertiary/aromatic N) is 2. The van der Waals surface area contributed by atoms with Crippen molar-refractivity contribution in [2.45, 2.75) is 0 Å². The van der Waals surface area contributed by atoms with Gasteiger partial charge in [-0.05, 0) is 58.5 Å². The van der Waals surface area contributed by atoms with Crippen LogP contribution in [0.2, 0.25) is 0 Å². The SMILES string of the molecule is COc1cc(/C=c2/sc3nc4ccccc4n3c2=O)cc(I)c1O. The van der Waals surface area contributed by atoms with Crippen molar-refractivity contribution in [2.24, 2.45) is 0 Å². The molecule has 0 atom stereocenters. The second kappa shape index (κ2) is 5.75. The van der Waals surface area contributed by atoms with Crippen LogP contribution in [-0.4, -0.2) is 21.6 Å². The number of methoxy groups -OCH3 is 1. The van der Waals surface area contributed by atoms with E-state index in [-0.39, 0.29) is 11.3 Å². The first-order valence-corrected chi connectivity index (χ1v) is 8.96. The first kappa shape index (κ1) is 15.4. The van der Waals surface area contributed by atoms with Gasteiger partial charge in [-0.15, -0.1) is 0 Å². The number of hydrogen-bond acceptors (Lipinski definition) is 5. The average Bonchev–Trinajstić information content (AvgIpc) is 3.07. The summed E-state index contributed by atoms with van der Waals surface area (Å²) in [6, 6.07) is 11.1. The number of imidazole rings is 1. The summed E-state index contributed by atoms with van der Waals surface area (Å²) >= 11 is 3.38. The van der Waals surface area contributed by atoms with Gasteiger partial charge in [-0.2, -0.15) is 0 Å². The van der Waals surface area contributed by atoms with Crippen LogP contribution in [0.4, 0.5) is 0 Å². The molecule has 1 N–H and O–H groups in total. The van der Waals surface area contributed by atoms with Gasteiger partial charge in [-0.3, -0.25) is 4.79 Å². The van der Waals surface area contributed by atoms with Crippen molar-refractivity contribution >= 4 is 56.0 Å². The fourth-order valence-corrected chi connectivity index (χ4v) is 4.21. The monoisotopic (exact) mass is 450 g/mol. The molecule has 0 aliphatic rings. The Labute approximate surface area is 154 Å². The van der Waals surface area contributed by atoms with Crippen molar-refractivity contribution < 1.29 is 9.84 Å². The quantitative estimate of drug-likeness (QED) is 0.478.